The van der Waals surface area contributed by atoms with Crippen molar-refractivity contribution in [2.75, 3.05) is 18.9 Å². The van der Waals surface area contributed by atoms with E-state index in [1.54, 1.807) is 37.6 Å². The molecule has 0 spiro atoms. The van der Waals surface area contributed by atoms with E-state index in [0.29, 0.717) is 24.4 Å². The maximum atomic E-state index is 13.4. The maximum Gasteiger partial charge on any atom is 0.226 e. The third kappa shape index (κ3) is 4.00. The van der Waals surface area contributed by atoms with Crippen LogP contribution in [0.3, 0.4) is 0 Å². The molecular weight excluding hydrogens is 369 g/mol. The molecule has 4 aromatic rings. The number of fused-ring (bicyclic) bond motifs is 1. The largest absolute Gasteiger partial charge is 0.339 e. The Bertz CT molecular complexity index is 1140. The van der Waals surface area contributed by atoms with Crippen molar-refractivity contribution in [2.45, 2.75) is 6.42 Å². The predicted octanol–water partition coefficient (Wildman–Crippen LogP) is 3.98. The van der Waals surface area contributed by atoms with Gasteiger partial charge in [-0.05, 0) is 66.7 Å². The van der Waals surface area contributed by atoms with Crippen molar-refractivity contribution in [3.8, 4) is 22.4 Å². The van der Waals surface area contributed by atoms with Crippen LogP contribution in [0.25, 0.3) is 33.4 Å². The van der Waals surface area contributed by atoms with Crippen molar-refractivity contribution in [3.63, 3.8) is 0 Å². The molecule has 0 saturated carbocycles. The number of pyridine rings is 2. The normalized spacial score (nSPS) is 11.0. The number of nitrogens with zero attached hydrogens (tertiary/aromatic N) is 2. The molecule has 6 nitrogen and oxygen atoms in total. The predicted molar refractivity (Wildman–Crippen MR) is 112 cm³/mol. The lowest BCUT2D eigenvalue weighted by molar-refractivity contribution is -0.116. The second-order valence-electron chi connectivity index (χ2n) is 6.61. The van der Waals surface area contributed by atoms with E-state index in [4.69, 9.17) is 0 Å². The highest BCUT2D eigenvalue weighted by Crippen LogP contribution is 2.38. The van der Waals surface area contributed by atoms with Gasteiger partial charge in [0.25, 0.3) is 0 Å². The fourth-order valence-corrected chi connectivity index (χ4v) is 3.24. The maximum absolute atomic E-state index is 13.4. The molecule has 29 heavy (non-hydrogen) atoms. The monoisotopic (exact) mass is 389 g/mol. The zero-order valence-corrected chi connectivity index (χ0v) is 15.9. The van der Waals surface area contributed by atoms with E-state index in [1.165, 1.54) is 12.1 Å². The molecule has 3 aromatic heterocycles. The molecule has 0 bridgehead atoms. The summed E-state index contributed by atoms with van der Waals surface area (Å²) >= 11 is 0. The van der Waals surface area contributed by atoms with Gasteiger partial charge in [-0.1, -0.05) is 0 Å². The van der Waals surface area contributed by atoms with Gasteiger partial charge in [-0.15, -0.1) is 0 Å². The van der Waals surface area contributed by atoms with Crippen LogP contribution in [0, 0.1) is 5.82 Å². The van der Waals surface area contributed by atoms with Crippen LogP contribution in [-0.2, 0) is 4.79 Å². The number of carbonyl (C=O) groups is 1. The standard InChI is InChI=1S/C22H20FN5O/c1-24-11-10-19(29)26-18-7-6-17-20(14-8-12-25-13-9-14)21(28-22(17)27-18)15-2-4-16(23)5-3-15/h2-9,12-13,24H,10-11H2,1H3,(H2,26,27,28,29). The number of anilines is 1. The minimum absolute atomic E-state index is 0.106. The average molecular weight is 389 g/mol. The van der Waals surface area contributed by atoms with Crippen LogP contribution >= 0.6 is 0 Å². The molecule has 0 fully saturated rings. The number of aromatic amines is 1. The van der Waals surface area contributed by atoms with Gasteiger partial charge in [-0.2, -0.15) is 0 Å². The van der Waals surface area contributed by atoms with Crippen molar-refractivity contribution < 1.29 is 9.18 Å². The summed E-state index contributed by atoms with van der Waals surface area (Å²) in [6.07, 6.45) is 3.82. The Labute approximate surface area is 167 Å². The van der Waals surface area contributed by atoms with Gasteiger partial charge < -0.3 is 15.6 Å². The summed E-state index contributed by atoms with van der Waals surface area (Å²) in [4.78, 5) is 24.0. The summed E-state index contributed by atoms with van der Waals surface area (Å²) in [5.74, 6) is 0.0812. The number of hydrogen-bond acceptors (Lipinski definition) is 4. The highest BCUT2D eigenvalue weighted by atomic mass is 19.1. The molecule has 1 amide bonds. The van der Waals surface area contributed by atoms with Gasteiger partial charge in [-0.25, -0.2) is 9.37 Å². The molecule has 3 heterocycles. The number of nitrogens with one attached hydrogen (secondary N) is 3. The van der Waals surface area contributed by atoms with Crippen LogP contribution in [0.5, 0.6) is 0 Å². The molecular formula is C22H20FN5O. The van der Waals surface area contributed by atoms with Gasteiger partial charge in [0.2, 0.25) is 5.91 Å². The van der Waals surface area contributed by atoms with Gasteiger partial charge >= 0.3 is 0 Å². The van der Waals surface area contributed by atoms with Crippen LogP contribution in [0.2, 0.25) is 0 Å². The molecule has 4 rings (SSSR count). The molecule has 0 saturated heterocycles. The second-order valence-corrected chi connectivity index (χ2v) is 6.61. The summed E-state index contributed by atoms with van der Waals surface area (Å²) in [6.45, 7) is 0.595. The molecule has 3 N–H and O–H groups in total. The van der Waals surface area contributed by atoms with Gasteiger partial charge in [0, 0.05) is 36.3 Å². The van der Waals surface area contributed by atoms with Gasteiger partial charge in [-0.3, -0.25) is 9.78 Å². The fraction of sp³-hybridized carbons (Fsp3) is 0.136. The quantitative estimate of drug-likeness (QED) is 0.466. The molecule has 0 atom stereocenters. The van der Waals surface area contributed by atoms with Crippen LogP contribution in [0.4, 0.5) is 10.2 Å². The Morgan fingerprint density at radius 2 is 1.79 bits per heavy atom. The molecule has 1 aromatic carbocycles. The summed E-state index contributed by atoms with van der Waals surface area (Å²) in [5.41, 5.74) is 4.24. The number of aromatic nitrogens is 3. The molecule has 0 radical (unpaired) electrons. The number of benzene rings is 1. The zero-order valence-electron chi connectivity index (χ0n) is 15.9. The molecule has 0 aliphatic heterocycles. The minimum Gasteiger partial charge on any atom is -0.339 e. The minimum atomic E-state index is -0.292. The van der Waals surface area contributed by atoms with E-state index in [9.17, 15) is 9.18 Å². The highest BCUT2D eigenvalue weighted by Gasteiger charge is 2.17. The first-order valence-corrected chi connectivity index (χ1v) is 9.29. The van der Waals surface area contributed by atoms with Gasteiger partial charge in [0.05, 0.1) is 5.69 Å². The zero-order chi connectivity index (χ0) is 20.2. The second kappa shape index (κ2) is 8.20. The van der Waals surface area contributed by atoms with Crippen molar-refractivity contribution in [1.29, 1.82) is 0 Å². The fourth-order valence-electron chi connectivity index (χ4n) is 3.24. The molecule has 146 valence electrons. The summed E-state index contributed by atoms with van der Waals surface area (Å²) < 4.78 is 13.4. The van der Waals surface area contributed by atoms with Crippen LogP contribution in [0.15, 0.2) is 60.9 Å². The Hall–Kier alpha value is -3.58. The van der Waals surface area contributed by atoms with E-state index in [-0.39, 0.29) is 11.7 Å². The number of amides is 1. The molecule has 7 heteroatoms. The van der Waals surface area contributed by atoms with Crippen molar-refractivity contribution >= 4 is 22.8 Å². The molecule has 0 unspecified atom stereocenters. The third-order valence-corrected chi connectivity index (χ3v) is 4.63. The smallest absolute Gasteiger partial charge is 0.226 e. The van der Waals surface area contributed by atoms with Crippen molar-refractivity contribution in [2.24, 2.45) is 0 Å². The number of rotatable bonds is 6. The van der Waals surface area contributed by atoms with E-state index in [1.807, 2.05) is 18.2 Å². The van der Waals surface area contributed by atoms with Gasteiger partial charge in [0.15, 0.2) is 0 Å². The summed E-state index contributed by atoms with van der Waals surface area (Å²) in [5, 5.41) is 6.67. The van der Waals surface area contributed by atoms with E-state index >= 15 is 0 Å². The molecule has 0 aliphatic rings. The number of H-pyrrole nitrogens is 1. The van der Waals surface area contributed by atoms with Crippen LogP contribution in [-0.4, -0.2) is 34.5 Å². The first kappa shape index (κ1) is 18.8. The van der Waals surface area contributed by atoms with E-state index < -0.39 is 0 Å². The Balaban J connectivity index is 1.80. The third-order valence-electron chi connectivity index (χ3n) is 4.63. The lowest BCUT2D eigenvalue weighted by Gasteiger charge is -2.06. The Morgan fingerprint density at radius 3 is 2.52 bits per heavy atom. The number of halogens is 1. The SMILES string of the molecule is CNCCC(=O)Nc1ccc2c(-c3ccncc3)c(-c3ccc(F)cc3)[nH]c2n1. The first-order chi connectivity index (χ1) is 14.2. The lowest BCUT2D eigenvalue weighted by Crippen LogP contribution is -2.19. The Morgan fingerprint density at radius 1 is 1.03 bits per heavy atom. The first-order valence-electron chi connectivity index (χ1n) is 9.29. The average Bonchev–Trinajstić information content (AvgIpc) is 3.12. The van der Waals surface area contributed by atoms with Crippen LogP contribution < -0.4 is 10.6 Å². The Kier molecular flexibility index (Phi) is 5.31. The molecule has 0 aliphatic carbocycles. The lowest BCUT2D eigenvalue weighted by atomic mass is 10.00. The van der Waals surface area contributed by atoms with Gasteiger partial charge in [0.1, 0.15) is 17.3 Å². The summed E-state index contributed by atoms with van der Waals surface area (Å²) in [7, 11) is 1.80. The highest BCUT2D eigenvalue weighted by molar-refractivity contribution is 6.03. The van der Waals surface area contributed by atoms with E-state index in [0.717, 1.165) is 27.8 Å². The number of carbonyl (C=O) groups excluding carboxylic acids is 1. The van der Waals surface area contributed by atoms with E-state index in [2.05, 4.69) is 25.6 Å². The number of hydrogen-bond donors (Lipinski definition) is 3. The summed E-state index contributed by atoms with van der Waals surface area (Å²) in [6, 6.07) is 13.9. The van der Waals surface area contributed by atoms with Crippen LogP contribution in [0.1, 0.15) is 6.42 Å². The topological polar surface area (TPSA) is 82.7 Å². The van der Waals surface area contributed by atoms with Crippen molar-refractivity contribution in [1.82, 2.24) is 20.3 Å². The van der Waals surface area contributed by atoms with Crippen molar-refractivity contribution in [3.05, 3.63) is 66.7 Å².